The van der Waals surface area contributed by atoms with Gasteiger partial charge in [-0.1, -0.05) is 39.8 Å². The largest absolute Gasteiger partial charge is 0.497 e. The van der Waals surface area contributed by atoms with Gasteiger partial charge < -0.3 is 24.8 Å². The Hall–Kier alpha value is -5.40. The van der Waals surface area contributed by atoms with Gasteiger partial charge in [0.2, 0.25) is 21.8 Å². The summed E-state index contributed by atoms with van der Waals surface area (Å²) in [4.78, 5) is 63.2. The molecule has 3 aromatic rings. The van der Waals surface area contributed by atoms with E-state index in [4.69, 9.17) is 14.5 Å². The molecule has 4 aliphatic rings. The topological polar surface area (TPSA) is 202 Å². The van der Waals surface area contributed by atoms with Crippen LogP contribution >= 0.6 is 0 Å². The lowest BCUT2D eigenvalue weighted by molar-refractivity contribution is -0.222. The smallest absolute Gasteiger partial charge is 0.411 e. The van der Waals surface area contributed by atoms with Gasteiger partial charge in [-0.25, -0.2) is 22.9 Å². The van der Waals surface area contributed by atoms with Crippen molar-refractivity contribution in [3.63, 3.8) is 0 Å². The van der Waals surface area contributed by atoms with Gasteiger partial charge >= 0.3 is 12.3 Å². The van der Waals surface area contributed by atoms with Crippen molar-refractivity contribution in [1.29, 1.82) is 0 Å². The maximum atomic E-state index is 15.2. The Morgan fingerprint density at radius 3 is 2.42 bits per heavy atom. The molecule has 354 valence electrons. The number of hydrogen-bond donors (Lipinski definition) is 3. The predicted octanol–water partition coefficient (Wildman–Crippen LogP) is 6.48. The lowest BCUT2D eigenvalue weighted by Crippen LogP contribution is -2.66. The first-order valence-electron chi connectivity index (χ1n) is 22.0. The number of methoxy groups -OCH3 is 1. The Labute approximate surface area is 376 Å². The molecule has 4 amide bonds. The highest BCUT2D eigenvalue weighted by atomic mass is 32.2. The molecule has 0 unspecified atom stereocenters. The number of aromatic nitrogens is 3. The van der Waals surface area contributed by atoms with Crippen LogP contribution in [0.25, 0.3) is 16.7 Å². The quantitative estimate of drug-likeness (QED) is 0.188. The van der Waals surface area contributed by atoms with E-state index in [2.05, 4.69) is 15.1 Å². The number of hydrogen-bond acceptors (Lipinski definition) is 10. The molecule has 3 fully saturated rings. The third-order valence-corrected chi connectivity index (χ3v) is 15.8. The van der Waals surface area contributed by atoms with E-state index in [1.54, 1.807) is 41.2 Å². The van der Waals surface area contributed by atoms with Crippen LogP contribution in [-0.4, -0.2) is 116 Å². The molecular weight excluding hydrogens is 872 g/mol. The fourth-order valence-corrected chi connectivity index (χ4v) is 10.4. The van der Waals surface area contributed by atoms with Gasteiger partial charge in [0.15, 0.2) is 5.82 Å². The molecule has 1 saturated heterocycles. The molecule has 3 N–H and O–H groups in total. The summed E-state index contributed by atoms with van der Waals surface area (Å²) >= 11 is 0. The average molecular weight is 930 g/mol. The van der Waals surface area contributed by atoms with Gasteiger partial charge in [-0.15, -0.1) is 0 Å². The fraction of sp³-hybridized carbons (Fsp3) is 0.600. The van der Waals surface area contributed by atoms with Crippen LogP contribution in [0.2, 0.25) is 0 Å². The van der Waals surface area contributed by atoms with E-state index in [1.165, 1.54) is 21.0 Å². The molecule has 7 rings (SSSR count). The minimum Gasteiger partial charge on any atom is -0.497 e. The van der Waals surface area contributed by atoms with Crippen LogP contribution in [0.1, 0.15) is 105 Å². The number of ether oxygens (including phenoxy) is 2. The fourth-order valence-electron chi connectivity index (χ4n) is 9.04. The molecule has 0 radical (unpaired) electrons. The minimum atomic E-state index is -5.11. The highest BCUT2D eigenvalue weighted by molar-refractivity contribution is 7.91. The number of allylic oxidation sites excluding steroid dienone is 1. The number of sulfonamides is 1. The zero-order chi connectivity index (χ0) is 47.6. The van der Waals surface area contributed by atoms with Crippen molar-refractivity contribution in [3.05, 3.63) is 54.4 Å². The van der Waals surface area contributed by atoms with Crippen molar-refractivity contribution < 1.29 is 55.3 Å². The molecule has 0 spiro atoms. The average Bonchev–Trinajstić information content (AvgIpc) is 3.99. The summed E-state index contributed by atoms with van der Waals surface area (Å²) in [5.41, 5.74) is -3.55. The van der Waals surface area contributed by atoms with Gasteiger partial charge in [0, 0.05) is 36.1 Å². The van der Waals surface area contributed by atoms with Crippen molar-refractivity contribution in [3.8, 4) is 17.3 Å². The molecule has 2 saturated carbocycles. The molecule has 2 aliphatic heterocycles. The Kier molecular flexibility index (Phi) is 12.5. The molecule has 65 heavy (non-hydrogen) atoms. The SMILES string of the molecule is COc1ccc2c(O[C@@H]3C[C@H]4C(=O)N[C@]5(C(=O)NS(=O)(=O)C6(C)CC6)C[C@H]5C=CCC[C@@H](C)C[C@@H](C)[C@H](N(C(=O)O)C(C)(C)C(F)(F)F)C(=O)N4C3)cc(-n3ccc(C(C)C)n3)nc2c1. The molecule has 2 aromatic heterocycles. The van der Waals surface area contributed by atoms with E-state index >= 15 is 4.79 Å². The highest BCUT2D eigenvalue weighted by Crippen LogP contribution is 2.48. The number of benzene rings is 1. The number of fused-ring (bicyclic) bond motifs is 3. The molecule has 7 atom stereocenters. The number of alkyl halides is 3. The summed E-state index contributed by atoms with van der Waals surface area (Å²) in [5.74, 6) is -3.47. The summed E-state index contributed by atoms with van der Waals surface area (Å²) in [5, 5.41) is 18.5. The highest BCUT2D eigenvalue weighted by Gasteiger charge is 2.64. The molecule has 16 nitrogen and oxygen atoms in total. The summed E-state index contributed by atoms with van der Waals surface area (Å²) in [6.07, 6.45) is -1.23. The Balaban J connectivity index is 1.32. The molecule has 0 bridgehead atoms. The van der Waals surface area contributed by atoms with E-state index in [0.717, 1.165) is 10.6 Å². The van der Waals surface area contributed by atoms with Crippen LogP contribution in [0, 0.1) is 17.8 Å². The van der Waals surface area contributed by atoms with Crippen LogP contribution in [0.5, 0.6) is 11.5 Å². The number of carboxylic acid groups (broad SMARTS) is 1. The summed E-state index contributed by atoms with van der Waals surface area (Å²) < 4.78 is 86.0. The van der Waals surface area contributed by atoms with E-state index in [1.807, 2.05) is 32.9 Å². The van der Waals surface area contributed by atoms with Gasteiger partial charge in [0.05, 0.1) is 29.6 Å². The van der Waals surface area contributed by atoms with Crippen molar-refractivity contribution >= 4 is 44.7 Å². The number of amides is 4. The number of rotatable bonds is 10. The van der Waals surface area contributed by atoms with Crippen molar-refractivity contribution in [2.75, 3.05) is 13.7 Å². The maximum absolute atomic E-state index is 15.2. The summed E-state index contributed by atoms with van der Waals surface area (Å²) in [7, 11) is -2.64. The van der Waals surface area contributed by atoms with Crippen molar-refractivity contribution in [2.24, 2.45) is 17.8 Å². The molecule has 2 aliphatic carbocycles. The third kappa shape index (κ3) is 9.10. The number of halogens is 3. The van der Waals surface area contributed by atoms with Gasteiger partial charge in [-0.3, -0.25) is 24.0 Å². The third-order valence-electron chi connectivity index (χ3n) is 13.7. The number of carbonyl (C=O) groups excluding carboxylic acids is 3. The monoisotopic (exact) mass is 929 g/mol. The predicted molar refractivity (Wildman–Crippen MR) is 233 cm³/mol. The minimum absolute atomic E-state index is 0.0386. The van der Waals surface area contributed by atoms with Gasteiger partial charge in [0.1, 0.15) is 40.8 Å². The van der Waals surface area contributed by atoms with E-state index < -0.39 is 85.9 Å². The molecule has 4 heterocycles. The molecular formula is C45H58F3N7O9S. The zero-order valence-corrected chi connectivity index (χ0v) is 38.6. The van der Waals surface area contributed by atoms with Crippen LogP contribution in [0.15, 0.2) is 48.7 Å². The first-order chi connectivity index (χ1) is 30.3. The van der Waals surface area contributed by atoms with E-state index in [9.17, 15) is 41.1 Å². The summed E-state index contributed by atoms with van der Waals surface area (Å²) in [6.45, 7) is 9.90. The van der Waals surface area contributed by atoms with E-state index in [-0.39, 0.29) is 48.3 Å². The van der Waals surface area contributed by atoms with Gasteiger partial charge in [-0.2, -0.15) is 18.3 Å². The first-order valence-corrected chi connectivity index (χ1v) is 23.5. The lowest BCUT2D eigenvalue weighted by atomic mass is 9.85. The second-order valence-corrected chi connectivity index (χ2v) is 21.5. The number of nitrogens with one attached hydrogen (secondary N) is 2. The van der Waals surface area contributed by atoms with Crippen molar-refractivity contribution in [2.45, 2.75) is 140 Å². The van der Waals surface area contributed by atoms with Crippen LogP contribution in [0.3, 0.4) is 0 Å². The molecule has 20 heteroatoms. The normalized spacial score (nSPS) is 27.2. The van der Waals surface area contributed by atoms with Gasteiger partial charge in [-0.05, 0) is 95.2 Å². The van der Waals surface area contributed by atoms with E-state index in [0.29, 0.717) is 62.0 Å². The summed E-state index contributed by atoms with van der Waals surface area (Å²) in [6, 6.07) is 5.16. The van der Waals surface area contributed by atoms with Crippen LogP contribution in [-0.2, 0) is 24.4 Å². The standard InChI is InChI=1S/C45H58F3N7O9S/c1-25(2)32-15-18-54(51-32)36-22-35(31-14-13-29(63-8)20-33(31)49-36)64-30-21-34-38(56)50-44(40(58)52-65(61,62)43(7)16-17-43)23-28(44)12-10-9-11-26(3)19-27(4)37(39(57)53(34)24-30)55(41(59)60)42(5,6)45(46,47)48/h10,12-15,18,20,22,25-28,30,34,37H,9,11,16-17,19,21,23-24H2,1-8H3,(H,50,56)(H,52,58)(H,59,60)/t26-,27-,28-,30-,34+,37+,44-/m1/s1. The Bertz CT molecular complexity index is 2510. The lowest BCUT2D eigenvalue weighted by Gasteiger charge is -2.45. The number of carbonyl (C=O) groups is 4. The van der Waals surface area contributed by atoms with Crippen LogP contribution < -0.4 is 19.5 Å². The second kappa shape index (κ2) is 17.1. The Morgan fingerprint density at radius 1 is 1.09 bits per heavy atom. The zero-order valence-electron chi connectivity index (χ0n) is 37.8. The molecule has 1 aromatic carbocycles. The Morgan fingerprint density at radius 2 is 1.80 bits per heavy atom. The van der Waals surface area contributed by atoms with Gasteiger partial charge in [0.25, 0.3) is 5.91 Å². The number of nitrogens with zero attached hydrogens (tertiary/aromatic N) is 5. The van der Waals surface area contributed by atoms with Crippen LogP contribution in [0.4, 0.5) is 18.0 Å². The maximum Gasteiger partial charge on any atom is 0.411 e. The van der Waals surface area contributed by atoms with Crippen molar-refractivity contribution in [1.82, 2.24) is 34.6 Å². The second-order valence-electron chi connectivity index (χ2n) is 19.3. The first kappa shape index (κ1) is 47.6. The number of pyridine rings is 1.